The summed E-state index contributed by atoms with van der Waals surface area (Å²) in [6.45, 7) is 15.9. The predicted molar refractivity (Wildman–Crippen MR) is 122 cm³/mol. The highest BCUT2D eigenvalue weighted by Crippen LogP contribution is 2.20. The van der Waals surface area contributed by atoms with Gasteiger partial charge >= 0.3 is 5.69 Å². The highest BCUT2D eigenvalue weighted by molar-refractivity contribution is 9.10. The molecule has 0 N–H and O–H groups in total. The first-order valence-electron chi connectivity index (χ1n) is 9.52. The fourth-order valence-corrected chi connectivity index (χ4v) is 4.47. The summed E-state index contributed by atoms with van der Waals surface area (Å²) in [7, 11) is -2.29. The Morgan fingerprint density at radius 3 is 1.81 bits per heavy atom. The lowest BCUT2D eigenvalue weighted by Gasteiger charge is -2.15. The van der Waals surface area contributed by atoms with Gasteiger partial charge in [0, 0.05) is 33.8 Å². The van der Waals surface area contributed by atoms with Gasteiger partial charge in [-0.3, -0.25) is 9.13 Å². The molecular formula is C19H33BrN2O3Si2. The second-order valence-electron chi connectivity index (χ2n) is 9.47. The molecule has 0 aliphatic rings. The SMILES string of the molecule is C[Si](C)(C)CCOCn1c(=O)n(COCC[Si](C)(C)C)c2cc(Br)ccc21. The van der Waals surface area contributed by atoms with Crippen molar-refractivity contribution in [1.29, 1.82) is 0 Å². The van der Waals surface area contributed by atoms with Gasteiger partial charge in [-0.15, -0.1) is 0 Å². The van der Waals surface area contributed by atoms with Crippen LogP contribution in [0.25, 0.3) is 11.0 Å². The lowest BCUT2D eigenvalue weighted by atomic mass is 10.3. The van der Waals surface area contributed by atoms with E-state index in [9.17, 15) is 4.79 Å². The summed E-state index contributed by atoms with van der Waals surface area (Å²) in [5.74, 6) is 0. The Morgan fingerprint density at radius 1 is 0.852 bits per heavy atom. The van der Waals surface area contributed by atoms with Crippen molar-refractivity contribution in [2.75, 3.05) is 13.2 Å². The summed E-state index contributed by atoms with van der Waals surface area (Å²) < 4.78 is 16.0. The fraction of sp³-hybridized carbons (Fsp3) is 0.632. The Bertz CT molecular complexity index is 819. The van der Waals surface area contributed by atoms with Gasteiger partial charge in [0.15, 0.2) is 0 Å². The summed E-state index contributed by atoms with van der Waals surface area (Å²) in [5.41, 5.74) is 1.67. The number of ether oxygens (including phenoxy) is 2. The van der Waals surface area contributed by atoms with E-state index in [0.29, 0.717) is 13.2 Å². The first-order chi connectivity index (χ1) is 12.5. The quantitative estimate of drug-likeness (QED) is 0.352. The normalized spacial score (nSPS) is 12.9. The Morgan fingerprint density at radius 2 is 1.33 bits per heavy atom. The van der Waals surface area contributed by atoms with E-state index in [2.05, 4.69) is 55.2 Å². The van der Waals surface area contributed by atoms with E-state index in [-0.39, 0.29) is 19.2 Å². The zero-order chi connectivity index (χ0) is 20.2. The molecule has 2 rings (SSSR count). The molecule has 1 aromatic heterocycles. The molecule has 1 heterocycles. The summed E-state index contributed by atoms with van der Waals surface area (Å²) in [5, 5.41) is 0. The van der Waals surface area contributed by atoms with Gasteiger partial charge in [0.25, 0.3) is 0 Å². The monoisotopic (exact) mass is 472 g/mol. The number of halogens is 1. The van der Waals surface area contributed by atoms with Gasteiger partial charge < -0.3 is 9.47 Å². The van der Waals surface area contributed by atoms with Crippen LogP contribution in [0, 0.1) is 0 Å². The summed E-state index contributed by atoms with van der Waals surface area (Å²) in [6.07, 6.45) is 0. The molecule has 0 fully saturated rings. The summed E-state index contributed by atoms with van der Waals surface area (Å²) in [6, 6.07) is 8.06. The van der Waals surface area contributed by atoms with Crippen molar-refractivity contribution in [3.63, 3.8) is 0 Å². The van der Waals surface area contributed by atoms with Crippen molar-refractivity contribution in [3.8, 4) is 0 Å². The van der Waals surface area contributed by atoms with E-state index in [1.165, 1.54) is 0 Å². The van der Waals surface area contributed by atoms with Crippen LogP contribution >= 0.6 is 15.9 Å². The molecule has 1 aromatic carbocycles. The molecule has 27 heavy (non-hydrogen) atoms. The standard InChI is InChI=1S/C19H33BrN2O3Si2/c1-26(2,3)11-9-24-14-21-17-8-7-16(20)13-18(17)22(19(21)23)15-25-10-12-27(4,5)6/h7-8,13H,9-12,14-15H2,1-6H3. The van der Waals surface area contributed by atoms with Crippen molar-refractivity contribution in [1.82, 2.24) is 9.13 Å². The molecule has 0 saturated heterocycles. The van der Waals surface area contributed by atoms with Crippen LogP contribution in [0.4, 0.5) is 0 Å². The van der Waals surface area contributed by atoms with Gasteiger partial charge in [0.2, 0.25) is 0 Å². The minimum atomic E-state index is -1.15. The van der Waals surface area contributed by atoms with Gasteiger partial charge in [-0.2, -0.15) is 0 Å². The third-order valence-electron chi connectivity index (χ3n) is 4.41. The predicted octanol–water partition coefficient (Wildman–Crippen LogP) is 5.19. The van der Waals surface area contributed by atoms with Gasteiger partial charge in [-0.1, -0.05) is 55.2 Å². The van der Waals surface area contributed by atoms with E-state index in [1.807, 2.05) is 18.2 Å². The number of hydrogen-bond donors (Lipinski definition) is 0. The molecule has 5 nitrogen and oxygen atoms in total. The summed E-state index contributed by atoms with van der Waals surface area (Å²) >= 11 is 3.51. The molecular weight excluding hydrogens is 440 g/mol. The first kappa shape index (κ1) is 22.6. The average Bonchev–Trinajstić information content (AvgIpc) is 2.78. The molecule has 0 atom stereocenters. The number of benzene rings is 1. The minimum absolute atomic E-state index is 0.0795. The molecule has 0 aliphatic carbocycles. The largest absolute Gasteiger partial charge is 0.361 e. The second-order valence-corrected chi connectivity index (χ2v) is 21.6. The van der Waals surface area contributed by atoms with Crippen LogP contribution in [-0.2, 0) is 22.9 Å². The van der Waals surface area contributed by atoms with E-state index >= 15 is 0 Å². The molecule has 152 valence electrons. The molecule has 0 saturated carbocycles. The number of imidazole rings is 1. The fourth-order valence-electron chi connectivity index (χ4n) is 2.61. The van der Waals surface area contributed by atoms with Crippen LogP contribution < -0.4 is 5.69 Å². The van der Waals surface area contributed by atoms with Crippen molar-refractivity contribution in [2.24, 2.45) is 0 Å². The molecule has 8 heteroatoms. The zero-order valence-corrected chi connectivity index (χ0v) is 21.1. The number of nitrogens with zero attached hydrogens (tertiary/aromatic N) is 2. The smallest absolute Gasteiger partial charge is 0.332 e. The van der Waals surface area contributed by atoms with E-state index in [0.717, 1.165) is 27.6 Å². The number of hydrogen-bond acceptors (Lipinski definition) is 3. The highest BCUT2D eigenvalue weighted by atomic mass is 79.9. The molecule has 0 unspecified atom stereocenters. The Kier molecular flexibility index (Phi) is 7.72. The molecule has 0 spiro atoms. The van der Waals surface area contributed by atoms with Gasteiger partial charge in [0.05, 0.1) is 11.0 Å². The van der Waals surface area contributed by atoms with Crippen LogP contribution in [0.3, 0.4) is 0 Å². The van der Waals surface area contributed by atoms with Crippen LogP contribution in [0.15, 0.2) is 27.5 Å². The maximum Gasteiger partial charge on any atom is 0.332 e. The van der Waals surface area contributed by atoms with Crippen molar-refractivity contribution in [2.45, 2.75) is 64.8 Å². The Hall–Kier alpha value is -0.676. The van der Waals surface area contributed by atoms with E-state index in [1.54, 1.807) is 9.13 Å². The maximum absolute atomic E-state index is 12.9. The minimum Gasteiger partial charge on any atom is -0.361 e. The van der Waals surface area contributed by atoms with Crippen molar-refractivity contribution < 1.29 is 9.47 Å². The number of fused-ring (bicyclic) bond motifs is 1. The molecule has 0 radical (unpaired) electrons. The number of aromatic nitrogens is 2. The molecule has 0 amide bonds. The van der Waals surface area contributed by atoms with E-state index < -0.39 is 16.1 Å². The molecule has 0 aliphatic heterocycles. The van der Waals surface area contributed by atoms with E-state index in [4.69, 9.17) is 9.47 Å². The van der Waals surface area contributed by atoms with Crippen molar-refractivity contribution in [3.05, 3.63) is 33.2 Å². The summed E-state index contributed by atoms with van der Waals surface area (Å²) in [4.78, 5) is 12.9. The third-order valence-corrected chi connectivity index (χ3v) is 8.32. The van der Waals surface area contributed by atoms with Crippen LogP contribution in [0.1, 0.15) is 0 Å². The number of rotatable bonds is 10. The van der Waals surface area contributed by atoms with Gasteiger partial charge in [-0.05, 0) is 30.3 Å². The topological polar surface area (TPSA) is 45.4 Å². The molecule has 0 bridgehead atoms. The first-order valence-corrected chi connectivity index (χ1v) is 17.7. The zero-order valence-electron chi connectivity index (χ0n) is 17.5. The average molecular weight is 474 g/mol. The Labute approximate surface area is 172 Å². The lowest BCUT2D eigenvalue weighted by molar-refractivity contribution is 0.0754. The van der Waals surface area contributed by atoms with Gasteiger partial charge in [0.1, 0.15) is 13.5 Å². The van der Waals surface area contributed by atoms with Crippen LogP contribution in [0.5, 0.6) is 0 Å². The van der Waals surface area contributed by atoms with Gasteiger partial charge in [-0.25, -0.2) is 4.79 Å². The lowest BCUT2D eigenvalue weighted by Crippen LogP contribution is -2.28. The highest BCUT2D eigenvalue weighted by Gasteiger charge is 2.16. The second kappa shape index (κ2) is 9.21. The maximum atomic E-state index is 12.9. The Balaban J connectivity index is 2.15. The molecule has 2 aromatic rings. The third kappa shape index (κ3) is 7.01. The van der Waals surface area contributed by atoms with Crippen molar-refractivity contribution >= 4 is 43.1 Å². The van der Waals surface area contributed by atoms with Crippen LogP contribution in [0.2, 0.25) is 51.4 Å². The van der Waals surface area contributed by atoms with Crippen LogP contribution in [-0.4, -0.2) is 38.5 Å².